The van der Waals surface area contributed by atoms with Gasteiger partial charge in [0.05, 0.1) is 17.8 Å². The molecule has 0 fully saturated rings. The van der Waals surface area contributed by atoms with Gasteiger partial charge in [-0.1, -0.05) is 176 Å². The van der Waals surface area contributed by atoms with Crippen LogP contribution in [0.5, 0.6) is 0 Å². The van der Waals surface area contributed by atoms with Gasteiger partial charge in [0.25, 0.3) is 0 Å². The first-order chi connectivity index (χ1) is 30.7. The number of hydrogen-bond acceptors (Lipinski definition) is 1. The van der Waals surface area contributed by atoms with Crippen molar-refractivity contribution in [1.29, 1.82) is 0 Å². The Labute approximate surface area is 315 Å². The summed E-state index contributed by atoms with van der Waals surface area (Å²) in [5, 5.41) is 4.24. The summed E-state index contributed by atoms with van der Waals surface area (Å²) in [7, 11) is 0. The van der Waals surface area contributed by atoms with Gasteiger partial charge in [-0.05, 0) is 95.4 Å². The van der Waals surface area contributed by atoms with Crippen LogP contribution in [0.1, 0.15) is 17.8 Å². The molecule has 10 rings (SSSR count). The molecule has 9 aromatic carbocycles. The van der Waals surface area contributed by atoms with Crippen molar-refractivity contribution in [3.05, 3.63) is 194 Å². The highest BCUT2D eigenvalue weighted by molar-refractivity contribution is 6.25. The molecule has 0 aliphatic carbocycles. The maximum absolute atomic E-state index is 9.50. The molecule has 1 heterocycles. The van der Waals surface area contributed by atoms with Crippen molar-refractivity contribution in [2.24, 2.45) is 0 Å². The second-order valence-corrected chi connectivity index (χ2v) is 12.2. The summed E-state index contributed by atoms with van der Waals surface area (Å²) >= 11 is 0. The molecule has 0 saturated carbocycles. The number of hydrogen-bond donors (Lipinski definition) is 0. The largest absolute Gasteiger partial charge is 0.456 e. The molecule has 1 nitrogen and oxygen atoms in total. The average Bonchev–Trinajstić information content (AvgIpc) is 3.69. The van der Waals surface area contributed by atoms with Crippen LogP contribution in [0.25, 0.3) is 99.1 Å². The lowest BCUT2D eigenvalue weighted by Crippen LogP contribution is -1.91. The zero-order chi connectivity index (χ0) is 45.0. The molecular weight excluding hydrogens is 617 g/mol. The van der Waals surface area contributed by atoms with Crippen LogP contribution in [0.2, 0.25) is 0 Å². The van der Waals surface area contributed by atoms with Crippen LogP contribution in [-0.4, -0.2) is 0 Å². The minimum absolute atomic E-state index is 0.0148. The summed E-state index contributed by atoms with van der Waals surface area (Å²) in [6, 6.07) is 29.1. The van der Waals surface area contributed by atoms with Crippen molar-refractivity contribution in [3.8, 4) is 55.6 Å². The average molecular weight is 662 g/mol. The Morgan fingerprint density at radius 3 is 1.49 bits per heavy atom. The summed E-state index contributed by atoms with van der Waals surface area (Å²) < 4.78 is 121. The number of rotatable bonds is 5. The molecule has 0 amide bonds. The van der Waals surface area contributed by atoms with E-state index in [0.717, 1.165) is 32.7 Å². The highest BCUT2D eigenvalue weighted by Gasteiger charge is 2.20. The first kappa shape index (κ1) is 18.9. The van der Waals surface area contributed by atoms with E-state index < -0.39 is 54.4 Å². The van der Waals surface area contributed by atoms with Crippen molar-refractivity contribution < 1.29 is 22.2 Å². The second-order valence-electron chi connectivity index (χ2n) is 12.2. The zero-order valence-corrected chi connectivity index (χ0v) is 26.9. The van der Waals surface area contributed by atoms with Crippen molar-refractivity contribution in [2.75, 3.05) is 0 Å². The molecule has 0 atom stereocenters. The molecule has 10 aromatic rings. The SMILES string of the molecule is [2H]c1c([2H])c([2H])c(-c2ccc3c(c2)oc2cccc(-c4c5ccccc5c(-c5c([2H])c([2H])c(-c6c([2H])c([2H])c(-c7ccccc7)c([2H])c6[2H])c([2H])c5[2H])c5ccccc45)c23)c([2H])c1[2H]. The topological polar surface area (TPSA) is 13.1 Å². The van der Waals surface area contributed by atoms with Crippen LogP contribution < -0.4 is 0 Å². The van der Waals surface area contributed by atoms with Crippen LogP contribution in [0, 0.1) is 0 Å². The molecule has 238 valence electrons. The van der Waals surface area contributed by atoms with E-state index in [2.05, 4.69) is 0 Å². The zero-order valence-electron chi connectivity index (χ0n) is 39.9. The molecule has 0 N–H and O–H groups in total. The molecule has 0 spiro atoms. The Morgan fingerprint density at radius 2 is 0.863 bits per heavy atom. The van der Waals surface area contributed by atoms with Crippen molar-refractivity contribution >= 4 is 43.5 Å². The summed E-state index contributed by atoms with van der Waals surface area (Å²) in [5.74, 6) is 0. The normalized spacial score (nSPS) is 15.1. The maximum Gasteiger partial charge on any atom is 0.136 e. The third kappa shape index (κ3) is 4.94. The lowest BCUT2D eigenvalue weighted by atomic mass is 9.84. The smallest absolute Gasteiger partial charge is 0.136 e. The van der Waals surface area contributed by atoms with Crippen molar-refractivity contribution in [3.63, 3.8) is 0 Å². The van der Waals surface area contributed by atoms with E-state index in [1.807, 2.05) is 72.8 Å². The third-order valence-electron chi connectivity index (χ3n) is 9.30. The molecule has 0 unspecified atom stereocenters. The summed E-state index contributed by atoms with van der Waals surface area (Å²) in [5.41, 5.74) is 3.42. The van der Waals surface area contributed by atoms with Gasteiger partial charge in [0, 0.05) is 10.8 Å². The predicted molar refractivity (Wildman–Crippen MR) is 216 cm³/mol. The molecule has 1 aromatic heterocycles. The first-order valence-electron chi connectivity index (χ1n) is 23.0. The van der Waals surface area contributed by atoms with Gasteiger partial charge in [-0.3, -0.25) is 0 Å². The molecule has 0 bridgehead atoms. The van der Waals surface area contributed by atoms with Crippen molar-refractivity contribution in [2.45, 2.75) is 0 Å². The summed E-state index contributed by atoms with van der Waals surface area (Å²) in [6.07, 6.45) is 0. The van der Waals surface area contributed by atoms with E-state index in [4.69, 9.17) is 16.8 Å². The fourth-order valence-electron chi connectivity index (χ4n) is 7.02. The Balaban J connectivity index is 1.21. The van der Waals surface area contributed by atoms with Gasteiger partial charge in [0.15, 0.2) is 0 Å². The number of benzene rings is 9. The highest BCUT2D eigenvalue weighted by Crippen LogP contribution is 2.47. The quantitative estimate of drug-likeness (QED) is 0.167. The van der Waals surface area contributed by atoms with Gasteiger partial charge < -0.3 is 4.42 Å². The lowest BCUT2D eigenvalue weighted by Gasteiger charge is -2.18. The third-order valence-corrected chi connectivity index (χ3v) is 9.30. The van der Waals surface area contributed by atoms with Gasteiger partial charge in [0.2, 0.25) is 0 Å². The van der Waals surface area contributed by atoms with E-state index in [0.29, 0.717) is 38.6 Å². The van der Waals surface area contributed by atoms with Crippen LogP contribution in [-0.2, 0) is 0 Å². The molecule has 0 aliphatic heterocycles. The fraction of sp³-hybridized carbons (Fsp3) is 0. The Kier molecular flexibility index (Phi) is 4.45. The van der Waals surface area contributed by atoms with E-state index >= 15 is 0 Å². The second kappa shape index (κ2) is 12.0. The van der Waals surface area contributed by atoms with Gasteiger partial charge in [-0.2, -0.15) is 0 Å². The maximum atomic E-state index is 9.50. The molecular formula is C50H32O. The van der Waals surface area contributed by atoms with Crippen molar-refractivity contribution in [1.82, 2.24) is 0 Å². The van der Waals surface area contributed by atoms with Gasteiger partial charge in [-0.15, -0.1) is 0 Å². The Hall–Kier alpha value is -6.70. The van der Waals surface area contributed by atoms with E-state index in [-0.39, 0.29) is 52.0 Å². The van der Waals surface area contributed by atoms with E-state index in [9.17, 15) is 5.48 Å². The molecule has 0 saturated heterocycles. The standard InChI is InChI=1S/C50H32O/c1-3-12-33(13-4-1)35-22-24-36(25-23-35)37-26-28-38(29-27-37)48-40-16-7-9-18-42(40)49(43-19-10-8-17-41(43)48)45-20-11-21-46-50(45)44-31-30-39(32-47(44)51-46)34-14-5-2-6-15-34/h1-32H/i2D,5D,6D,14D,15D,22D,23D,24D,25D,26D,27D,28D,29D. The fourth-order valence-corrected chi connectivity index (χ4v) is 7.02. The monoisotopic (exact) mass is 661 g/mol. The van der Waals surface area contributed by atoms with Crippen LogP contribution in [0.3, 0.4) is 0 Å². The lowest BCUT2D eigenvalue weighted by molar-refractivity contribution is 0.669. The Bertz CT molecular complexity index is 3510. The first-order valence-corrected chi connectivity index (χ1v) is 16.5. The predicted octanol–water partition coefficient (Wildman–Crippen LogP) is 14.2. The van der Waals surface area contributed by atoms with Crippen LogP contribution >= 0.6 is 0 Å². The van der Waals surface area contributed by atoms with Gasteiger partial charge in [-0.25, -0.2) is 0 Å². The van der Waals surface area contributed by atoms with Gasteiger partial charge >= 0.3 is 0 Å². The summed E-state index contributed by atoms with van der Waals surface area (Å²) in [6.45, 7) is 0. The molecule has 1 heteroatoms. The molecule has 0 aliphatic rings. The number of fused-ring (bicyclic) bond motifs is 5. The molecule has 51 heavy (non-hydrogen) atoms. The Morgan fingerprint density at radius 1 is 0.333 bits per heavy atom. The highest BCUT2D eigenvalue weighted by atomic mass is 16.3. The summed E-state index contributed by atoms with van der Waals surface area (Å²) in [4.78, 5) is 0. The molecule has 0 radical (unpaired) electrons. The minimum Gasteiger partial charge on any atom is -0.456 e. The van der Waals surface area contributed by atoms with E-state index in [1.54, 1.807) is 42.5 Å². The van der Waals surface area contributed by atoms with Gasteiger partial charge in [0.1, 0.15) is 11.2 Å². The minimum atomic E-state index is -0.501. The number of furan rings is 1. The van der Waals surface area contributed by atoms with Crippen LogP contribution in [0.4, 0.5) is 0 Å². The van der Waals surface area contributed by atoms with Crippen LogP contribution in [0.15, 0.2) is 198 Å². The van der Waals surface area contributed by atoms with E-state index in [1.165, 1.54) is 0 Å².